The maximum absolute atomic E-state index is 11.9. The highest BCUT2D eigenvalue weighted by Crippen LogP contribution is 2.16. The molecule has 0 fully saturated rings. The van der Waals surface area contributed by atoms with E-state index in [0.717, 1.165) is 11.1 Å². The van der Waals surface area contributed by atoms with Crippen molar-refractivity contribution in [3.63, 3.8) is 0 Å². The number of hydrogen-bond donors (Lipinski definition) is 2. The minimum Gasteiger partial charge on any atom is -0.320 e. The highest BCUT2D eigenvalue weighted by Gasteiger charge is 2.11. The largest absolute Gasteiger partial charge is 0.320 e. The number of nitrogens with two attached hydrogens (primary N) is 1. The Morgan fingerprint density at radius 2 is 2.05 bits per heavy atom. The lowest BCUT2D eigenvalue weighted by atomic mass is 10.1. The summed E-state index contributed by atoms with van der Waals surface area (Å²) in [5.74, 6) is 6.24. The van der Waals surface area contributed by atoms with Gasteiger partial charge in [-0.25, -0.2) is 8.42 Å². The maximum Gasteiger partial charge on any atom is 0.232 e. The van der Waals surface area contributed by atoms with Crippen molar-refractivity contribution in [2.45, 2.75) is 27.2 Å². The predicted octanol–water partition coefficient (Wildman–Crippen LogP) is 2.09. The Morgan fingerprint density at radius 3 is 2.60 bits per heavy atom. The molecule has 0 amide bonds. The molecule has 0 atom stereocenters. The van der Waals surface area contributed by atoms with Crippen LogP contribution in [0.3, 0.4) is 0 Å². The Balaban J connectivity index is 2.81. The lowest BCUT2D eigenvalue weighted by Gasteiger charge is -2.10. The van der Waals surface area contributed by atoms with E-state index in [-0.39, 0.29) is 5.75 Å². The summed E-state index contributed by atoms with van der Waals surface area (Å²) in [6.07, 6.45) is 0.647. The second-order valence-corrected chi connectivity index (χ2v) is 6.98. The van der Waals surface area contributed by atoms with Crippen LogP contribution in [0.4, 0.5) is 5.69 Å². The summed E-state index contributed by atoms with van der Waals surface area (Å²) in [5.41, 5.74) is 7.69. The molecule has 110 valence electrons. The van der Waals surface area contributed by atoms with E-state index in [9.17, 15) is 8.42 Å². The van der Waals surface area contributed by atoms with Crippen LogP contribution in [0.25, 0.3) is 0 Å². The van der Waals surface area contributed by atoms with Gasteiger partial charge in [-0.15, -0.1) is 0 Å². The number of rotatable bonds is 5. The lowest BCUT2D eigenvalue weighted by molar-refractivity contribution is 0.578. The van der Waals surface area contributed by atoms with Gasteiger partial charge in [0.2, 0.25) is 10.0 Å². The Hall–Kier alpha value is -1.51. The molecule has 0 radical (unpaired) electrons. The molecule has 0 aliphatic heterocycles. The van der Waals surface area contributed by atoms with Crippen molar-refractivity contribution in [2.75, 3.05) is 17.0 Å². The third-order valence-electron chi connectivity index (χ3n) is 2.79. The van der Waals surface area contributed by atoms with Gasteiger partial charge in [-0.2, -0.15) is 0 Å². The standard InChI is InChI=1S/C15H22N2O2S/c1-12(2)8-10-20(18,19)17-15-7-6-14(5-4-9-16)13(3)11-15/h6-7,11-12,17H,8-10,16H2,1-3H3. The van der Waals surface area contributed by atoms with Crippen LogP contribution in [-0.4, -0.2) is 20.7 Å². The Labute approximate surface area is 121 Å². The van der Waals surface area contributed by atoms with Gasteiger partial charge in [-0.1, -0.05) is 25.7 Å². The topological polar surface area (TPSA) is 72.2 Å². The molecular formula is C15H22N2O2S. The van der Waals surface area contributed by atoms with Gasteiger partial charge in [-0.05, 0) is 43.0 Å². The van der Waals surface area contributed by atoms with Gasteiger partial charge in [0.05, 0.1) is 12.3 Å². The molecule has 1 aromatic carbocycles. The second kappa shape index (κ2) is 7.32. The molecule has 20 heavy (non-hydrogen) atoms. The molecular weight excluding hydrogens is 272 g/mol. The molecule has 0 heterocycles. The highest BCUT2D eigenvalue weighted by molar-refractivity contribution is 7.92. The van der Waals surface area contributed by atoms with E-state index in [0.29, 0.717) is 24.6 Å². The molecule has 0 aliphatic carbocycles. The van der Waals surface area contributed by atoms with Gasteiger partial charge < -0.3 is 5.73 Å². The zero-order chi connectivity index (χ0) is 15.2. The van der Waals surface area contributed by atoms with Crippen LogP contribution < -0.4 is 10.5 Å². The Morgan fingerprint density at radius 1 is 1.35 bits per heavy atom. The van der Waals surface area contributed by atoms with Crippen LogP contribution >= 0.6 is 0 Å². The molecule has 0 aromatic heterocycles. The SMILES string of the molecule is Cc1cc(NS(=O)(=O)CCC(C)C)ccc1C#CCN. The van der Waals surface area contributed by atoms with E-state index in [1.165, 1.54) is 0 Å². The van der Waals surface area contributed by atoms with E-state index >= 15 is 0 Å². The fourth-order valence-corrected chi connectivity index (χ4v) is 3.00. The molecule has 0 spiro atoms. The zero-order valence-electron chi connectivity index (χ0n) is 12.2. The first-order valence-corrected chi connectivity index (χ1v) is 8.29. The monoisotopic (exact) mass is 294 g/mol. The first kappa shape index (κ1) is 16.5. The highest BCUT2D eigenvalue weighted by atomic mass is 32.2. The number of aryl methyl sites for hydroxylation is 1. The van der Waals surface area contributed by atoms with E-state index in [1.54, 1.807) is 18.2 Å². The average molecular weight is 294 g/mol. The third kappa shape index (κ3) is 5.64. The Kier molecular flexibility index (Phi) is 6.05. The van der Waals surface area contributed by atoms with Crippen molar-refractivity contribution in [2.24, 2.45) is 11.7 Å². The van der Waals surface area contributed by atoms with Crippen LogP contribution in [-0.2, 0) is 10.0 Å². The molecule has 0 saturated carbocycles. The predicted molar refractivity (Wildman–Crippen MR) is 84.0 cm³/mol. The first-order valence-electron chi connectivity index (χ1n) is 6.64. The van der Waals surface area contributed by atoms with Crippen molar-refractivity contribution in [1.29, 1.82) is 0 Å². The summed E-state index contributed by atoms with van der Waals surface area (Å²) in [7, 11) is -3.28. The lowest BCUT2D eigenvalue weighted by Crippen LogP contribution is -2.18. The maximum atomic E-state index is 11.9. The molecule has 1 rings (SSSR count). The van der Waals surface area contributed by atoms with Crippen LogP contribution in [0, 0.1) is 24.7 Å². The summed E-state index contributed by atoms with van der Waals surface area (Å²) in [6, 6.07) is 5.31. The van der Waals surface area contributed by atoms with Crippen molar-refractivity contribution in [3.8, 4) is 11.8 Å². The van der Waals surface area contributed by atoms with E-state index in [4.69, 9.17) is 5.73 Å². The van der Waals surface area contributed by atoms with Crippen LogP contribution in [0.15, 0.2) is 18.2 Å². The number of benzene rings is 1. The molecule has 0 unspecified atom stereocenters. The van der Waals surface area contributed by atoms with E-state index in [1.807, 2.05) is 20.8 Å². The average Bonchev–Trinajstić information content (AvgIpc) is 2.35. The number of anilines is 1. The minimum absolute atomic E-state index is 0.137. The van der Waals surface area contributed by atoms with Crippen LogP contribution in [0.2, 0.25) is 0 Å². The quantitative estimate of drug-likeness (QED) is 0.817. The summed E-state index contributed by atoms with van der Waals surface area (Å²) in [4.78, 5) is 0. The van der Waals surface area contributed by atoms with Crippen molar-refractivity contribution >= 4 is 15.7 Å². The van der Waals surface area contributed by atoms with Gasteiger partial charge in [0.15, 0.2) is 0 Å². The van der Waals surface area contributed by atoms with Gasteiger partial charge >= 0.3 is 0 Å². The third-order valence-corrected chi connectivity index (χ3v) is 4.11. The van der Waals surface area contributed by atoms with E-state index < -0.39 is 10.0 Å². The molecule has 5 heteroatoms. The summed E-state index contributed by atoms with van der Waals surface area (Å²) >= 11 is 0. The molecule has 0 bridgehead atoms. The molecule has 4 nitrogen and oxygen atoms in total. The number of hydrogen-bond acceptors (Lipinski definition) is 3. The summed E-state index contributed by atoms with van der Waals surface area (Å²) in [6.45, 7) is 6.21. The molecule has 1 aromatic rings. The molecule has 3 N–H and O–H groups in total. The Bertz CT molecular complexity index is 610. The molecule has 0 saturated heterocycles. The van der Waals surface area contributed by atoms with Crippen molar-refractivity contribution in [1.82, 2.24) is 0 Å². The molecule has 0 aliphatic rings. The zero-order valence-corrected chi connectivity index (χ0v) is 13.0. The summed E-state index contributed by atoms with van der Waals surface area (Å²) < 4.78 is 26.4. The van der Waals surface area contributed by atoms with E-state index in [2.05, 4.69) is 16.6 Å². The summed E-state index contributed by atoms with van der Waals surface area (Å²) in [5, 5.41) is 0. The van der Waals surface area contributed by atoms with Gasteiger partial charge in [-0.3, -0.25) is 4.72 Å². The van der Waals surface area contributed by atoms with Crippen molar-refractivity contribution in [3.05, 3.63) is 29.3 Å². The van der Waals surface area contributed by atoms with Crippen LogP contribution in [0.5, 0.6) is 0 Å². The smallest absolute Gasteiger partial charge is 0.232 e. The number of nitrogens with one attached hydrogen (secondary N) is 1. The minimum atomic E-state index is -3.28. The fourth-order valence-electron chi connectivity index (χ4n) is 1.64. The van der Waals surface area contributed by atoms with Gasteiger partial charge in [0, 0.05) is 11.3 Å². The van der Waals surface area contributed by atoms with Crippen molar-refractivity contribution < 1.29 is 8.42 Å². The second-order valence-electron chi connectivity index (χ2n) is 5.14. The van der Waals surface area contributed by atoms with Gasteiger partial charge in [0.1, 0.15) is 0 Å². The normalized spacial score (nSPS) is 11.1. The first-order chi connectivity index (χ1) is 9.34. The van der Waals surface area contributed by atoms with Crippen LogP contribution in [0.1, 0.15) is 31.4 Å². The van der Waals surface area contributed by atoms with Gasteiger partial charge in [0.25, 0.3) is 0 Å². The fraction of sp³-hybridized carbons (Fsp3) is 0.467. The number of sulfonamides is 1.